The molecule has 0 fully saturated rings. The molecule has 0 spiro atoms. The molecule has 0 aliphatic carbocycles. The van der Waals surface area contributed by atoms with Crippen molar-refractivity contribution in [1.29, 1.82) is 0 Å². The van der Waals surface area contributed by atoms with E-state index in [4.69, 9.17) is 23.2 Å². The summed E-state index contributed by atoms with van der Waals surface area (Å²) in [5.74, 6) is 0.775. The largest absolute Gasteiger partial charge is 0.363 e. The minimum Gasteiger partial charge on any atom is -0.363 e. The van der Waals surface area contributed by atoms with Gasteiger partial charge in [0.1, 0.15) is 5.82 Å². The molecule has 1 atom stereocenters. The molecule has 3 aromatic rings. The quantitative estimate of drug-likeness (QED) is 0.788. The van der Waals surface area contributed by atoms with Crippen LogP contribution in [-0.4, -0.2) is 14.6 Å². The number of hydrogen-bond acceptors (Lipinski definition) is 3. The smallest absolute Gasteiger partial charge is 0.157 e. The maximum Gasteiger partial charge on any atom is 0.157 e. The van der Waals surface area contributed by atoms with Crippen LogP contribution in [0, 0.1) is 0 Å². The van der Waals surface area contributed by atoms with Gasteiger partial charge in [-0.25, -0.2) is 9.50 Å². The van der Waals surface area contributed by atoms with Crippen molar-refractivity contribution in [3.8, 4) is 0 Å². The number of fused-ring (bicyclic) bond motifs is 1. The van der Waals surface area contributed by atoms with Crippen LogP contribution in [0.25, 0.3) is 5.65 Å². The van der Waals surface area contributed by atoms with E-state index in [1.165, 1.54) is 0 Å². The average Bonchev–Trinajstić information content (AvgIpc) is 2.85. The van der Waals surface area contributed by atoms with Gasteiger partial charge in [0.15, 0.2) is 5.65 Å². The van der Waals surface area contributed by atoms with Gasteiger partial charge in [-0.3, -0.25) is 0 Å². The zero-order valence-electron chi connectivity index (χ0n) is 10.7. The van der Waals surface area contributed by atoms with E-state index in [-0.39, 0.29) is 6.04 Å². The van der Waals surface area contributed by atoms with Gasteiger partial charge in [0.2, 0.25) is 0 Å². The molecular weight excluding hydrogens is 295 g/mol. The number of rotatable bonds is 3. The molecule has 1 aromatic carbocycles. The fourth-order valence-electron chi connectivity index (χ4n) is 2.05. The Morgan fingerprint density at radius 3 is 2.85 bits per heavy atom. The Hall–Kier alpha value is -1.78. The topological polar surface area (TPSA) is 42.2 Å². The molecule has 0 radical (unpaired) electrons. The van der Waals surface area contributed by atoms with Crippen molar-refractivity contribution in [2.75, 3.05) is 5.32 Å². The van der Waals surface area contributed by atoms with Crippen molar-refractivity contribution in [3.63, 3.8) is 0 Å². The molecule has 4 nitrogen and oxygen atoms in total. The number of halogens is 2. The molecule has 102 valence electrons. The third-order valence-corrected chi connectivity index (χ3v) is 3.61. The first kappa shape index (κ1) is 13.2. The molecule has 0 bridgehead atoms. The van der Waals surface area contributed by atoms with Crippen LogP contribution in [0.1, 0.15) is 18.5 Å². The number of aromatic nitrogens is 3. The van der Waals surface area contributed by atoms with Gasteiger partial charge in [-0.05, 0) is 30.7 Å². The minimum absolute atomic E-state index is 0.0256. The standard InChI is InChI=1S/C14H12Cl2N4/c1-9(11-3-2-10(15)8-12(11)16)18-13-5-7-20-14(19-13)4-6-17-20/h2-9H,1H3,(H,18,19). The minimum atomic E-state index is 0.0256. The lowest BCUT2D eigenvalue weighted by molar-refractivity contribution is 0.867. The van der Waals surface area contributed by atoms with Crippen molar-refractivity contribution in [3.05, 3.63) is 58.3 Å². The van der Waals surface area contributed by atoms with Gasteiger partial charge < -0.3 is 5.32 Å². The second-order valence-corrected chi connectivity index (χ2v) is 5.32. The van der Waals surface area contributed by atoms with Crippen LogP contribution in [0.15, 0.2) is 42.7 Å². The number of nitrogens with zero attached hydrogens (tertiary/aromatic N) is 3. The maximum atomic E-state index is 6.21. The summed E-state index contributed by atoms with van der Waals surface area (Å²) < 4.78 is 1.71. The van der Waals surface area contributed by atoms with Gasteiger partial charge in [-0.1, -0.05) is 29.3 Å². The fraction of sp³-hybridized carbons (Fsp3) is 0.143. The molecule has 20 heavy (non-hydrogen) atoms. The summed E-state index contributed by atoms with van der Waals surface area (Å²) in [6.45, 7) is 2.03. The molecule has 1 N–H and O–H groups in total. The van der Waals surface area contributed by atoms with E-state index in [9.17, 15) is 0 Å². The van der Waals surface area contributed by atoms with E-state index in [1.807, 2.05) is 37.4 Å². The number of hydrogen-bond donors (Lipinski definition) is 1. The van der Waals surface area contributed by atoms with E-state index in [1.54, 1.807) is 16.8 Å². The first-order valence-corrected chi connectivity index (χ1v) is 6.91. The number of benzene rings is 1. The Morgan fingerprint density at radius 1 is 1.20 bits per heavy atom. The van der Waals surface area contributed by atoms with Crippen molar-refractivity contribution in [2.24, 2.45) is 0 Å². The van der Waals surface area contributed by atoms with E-state index >= 15 is 0 Å². The van der Waals surface area contributed by atoms with Crippen LogP contribution in [0.5, 0.6) is 0 Å². The molecule has 3 rings (SSSR count). The van der Waals surface area contributed by atoms with Crippen molar-refractivity contribution in [2.45, 2.75) is 13.0 Å². The van der Waals surface area contributed by atoms with Crippen LogP contribution in [0.2, 0.25) is 10.0 Å². The highest BCUT2D eigenvalue weighted by Gasteiger charge is 2.11. The van der Waals surface area contributed by atoms with Crippen molar-refractivity contribution >= 4 is 34.7 Å². The second-order valence-electron chi connectivity index (χ2n) is 4.48. The van der Waals surface area contributed by atoms with Crippen LogP contribution in [0.3, 0.4) is 0 Å². The highest BCUT2D eigenvalue weighted by molar-refractivity contribution is 6.35. The Morgan fingerprint density at radius 2 is 2.05 bits per heavy atom. The predicted molar refractivity (Wildman–Crippen MR) is 81.5 cm³/mol. The van der Waals surface area contributed by atoms with Crippen LogP contribution < -0.4 is 5.32 Å². The van der Waals surface area contributed by atoms with Crippen LogP contribution in [-0.2, 0) is 0 Å². The highest BCUT2D eigenvalue weighted by atomic mass is 35.5. The summed E-state index contributed by atoms with van der Waals surface area (Å²) in [6, 6.07) is 9.24. The Balaban J connectivity index is 1.85. The van der Waals surface area contributed by atoms with Gasteiger partial charge in [-0.15, -0.1) is 0 Å². The van der Waals surface area contributed by atoms with Gasteiger partial charge in [0, 0.05) is 22.3 Å². The number of nitrogens with one attached hydrogen (secondary N) is 1. The molecule has 2 heterocycles. The third kappa shape index (κ3) is 2.57. The summed E-state index contributed by atoms with van der Waals surface area (Å²) in [5.41, 5.74) is 1.77. The second kappa shape index (κ2) is 5.31. The SMILES string of the molecule is CC(Nc1ccn2nccc2n1)c1ccc(Cl)cc1Cl. The molecule has 6 heteroatoms. The summed E-state index contributed by atoms with van der Waals surface area (Å²) >= 11 is 12.1. The molecule has 2 aromatic heterocycles. The fourth-order valence-corrected chi connectivity index (χ4v) is 2.62. The Kier molecular flexibility index (Phi) is 3.51. The van der Waals surface area contributed by atoms with Crippen LogP contribution in [0.4, 0.5) is 5.82 Å². The first-order valence-electron chi connectivity index (χ1n) is 6.15. The Labute approximate surface area is 126 Å². The summed E-state index contributed by atoms with van der Waals surface area (Å²) in [5, 5.41) is 8.70. The molecule has 0 aliphatic heterocycles. The van der Waals surface area contributed by atoms with Crippen molar-refractivity contribution < 1.29 is 0 Å². The summed E-state index contributed by atoms with van der Waals surface area (Å²) in [7, 11) is 0. The van der Waals surface area contributed by atoms with E-state index in [0.717, 1.165) is 17.0 Å². The van der Waals surface area contributed by atoms with Gasteiger partial charge in [0.25, 0.3) is 0 Å². The molecule has 0 saturated heterocycles. The molecular formula is C14H12Cl2N4. The monoisotopic (exact) mass is 306 g/mol. The van der Waals surface area contributed by atoms with E-state index in [2.05, 4.69) is 15.4 Å². The zero-order chi connectivity index (χ0) is 14.1. The van der Waals surface area contributed by atoms with Crippen LogP contribution >= 0.6 is 23.2 Å². The predicted octanol–water partition coefficient (Wildman–Crippen LogP) is 4.21. The Bertz CT molecular complexity index is 754. The lowest BCUT2D eigenvalue weighted by Gasteiger charge is -2.16. The van der Waals surface area contributed by atoms with Gasteiger partial charge in [-0.2, -0.15) is 5.10 Å². The zero-order valence-corrected chi connectivity index (χ0v) is 12.2. The normalized spacial score (nSPS) is 12.6. The first-order chi connectivity index (χ1) is 9.63. The average molecular weight is 307 g/mol. The molecule has 0 amide bonds. The molecule has 1 unspecified atom stereocenters. The van der Waals surface area contributed by atoms with Gasteiger partial charge in [0.05, 0.1) is 12.2 Å². The van der Waals surface area contributed by atoms with Gasteiger partial charge >= 0.3 is 0 Å². The summed E-state index contributed by atoms with van der Waals surface area (Å²) in [4.78, 5) is 4.47. The van der Waals surface area contributed by atoms with Crippen molar-refractivity contribution in [1.82, 2.24) is 14.6 Å². The molecule has 0 aliphatic rings. The number of anilines is 1. The lowest BCUT2D eigenvalue weighted by atomic mass is 10.1. The highest BCUT2D eigenvalue weighted by Crippen LogP contribution is 2.28. The third-order valence-electron chi connectivity index (χ3n) is 3.05. The molecule has 0 saturated carbocycles. The maximum absolute atomic E-state index is 6.21. The van der Waals surface area contributed by atoms with E-state index in [0.29, 0.717) is 10.0 Å². The summed E-state index contributed by atoms with van der Waals surface area (Å²) in [6.07, 6.45) is 3.58. The lowest BCUT2D eigenvalue weighted by Crippen LogP contribution is -2.09. The van der Waals surface area contributed by atoms with E-state index < -0.39 is 0 Å².